The summed E-state index contributed by atoms with van der Waals surface area (Å²) in [6.45, 7) is 9.96. The molecule has 1 fully saturated rings. The third-order valence-corrected chi connectivity index (χ3v) is 3.54. The molecule has 0 atom stereocenters. The lowest BCUT2D eigenvalue weighted by Crippen LogP contribution is -2.22. The largest absolute Gasteiger partial charge is 0.373 e. The molecular weight excluding hydrogens is 226 g/mol. The Morgan fingerprint density at radius 3 is 2.94 bits per heavy atom. The predicted octanol–water partition coefficient (Wildman–Crippen LogP) is 2.66. The summed E-state index contributed by atoms with van der Waals surface area (Å²) in [5, 5.41) is 0. The molecule has 0 radical (unpaired) electrons. The van der Waals surface area contributed by atoms with E-state index in [9.17, 15) is 4.79 Å². The molecule has 1 aliphatic carbocycles. The van der Waals surface area contributed by atoms with Gasteiger partial charge in [-0.3, -0.25) is 4.79 Å². The summed E-state index contributed by atoms with van der Waals surface area (Å²) in [6.07, 6.45) is 7.66. The number of carbonyl (C=O) groups is 1. The minimum Gasteiger partial charge on any atom is -0.373 e. The standard InChI is InChI=1S/C15H21NO2/c1-4-8-18-11-12-9-13(10-15(12,2)3)16-7-5-6-14(16)17/h4,9-10H,1,5-8,11H2,2-3H3. The number of amides is 1. The van der Waals surface area contributed by atoms with Crippen molar-refractivity contribution in [3.8, 4) is 0 Å². The molecule has 1 amide bonds. The zero-order chi connectivity index (χ0) is 13.2. The fourth-order valence-electron chi connectivity index (χ4n) is 2.43. The highest BCUT2D eigenvalue weighted by atomic mass is 16.5. The van der Waals surface area contributed by atoms with Gasteiger partial charge in [-0.05, 0) is 18.1 Å². The molecule has 0 spiro atoms. The average Bonchev–Trinajstić information content (AvgIpc) is 2.83. The second-order valence-electron chi connectivity index (χ2n) is 5.41. The Kier molecular flexibility index (Phi) is 3.71. The number of likely N-dealkylation sites (tertiary alicyclic amines) is 1. The van der Waals surface area contributed by atoms with Crippen LogP contribution in [-0.2, 0) is 9.53 Å². The van der Waals surface area contributed by atoms with E-state index in [1.54, 1.807) is 6.08 Å². The molecule has 18 heavy (non-hydrogen) atoms. The lowest BCUT2D eigenvalue weighted by atomic mass is 9.88. The van der Waals surface area contributed by atoms with Gasteiger partial charge in [-0.1, -0.05) is 26.0 Å². The maximum absolute atomic E-state index is 11.8. The quantitative estimate of drug-likeness (QED) is 0.552. The Bertz CT molecular complexity index is 418. The fourth-order valence-corrected chi connectivity index (χ4v) is 2.43. The molecule has 1 saturated heterocycles. The normalized spacial score (nSPS) is 22.1. The van der Waals surface area contributed by atoms with Gasteiger partial charge in [0.05, 0.1) is 13.2 Å². The molecule has 0 N–H and O–H groups in total. The topological polar surface area (TPSA) is 29.5 Å². The summed E-state index contributed by atoms with van der Waals surface area (Å²) in [5.74, 6) is 0.238. The fraction of sp³-hybridized carbons (Fsp3) is 0.533. The highest BCUT2D eigenvalue weighted by Crippen LogP contribution is 2.38. The highest BCUT2D eigenvalue weighted by molar-refractivity contribution is 5.81. The number of ether oxygens (including phenoxy) is 1. The minimum atomic E-state index is -0.0284. The first-order chi connectivity index (χ1) is 8.54. The molecule has 2 aliphatic rings. The predicted molar refractivity (Wildman–Crippen MR) is 71.9 cm³/mol. The average molecular weight is 247 g/mol. The molecule has 98 valence electrons. The molecule has 1 heterocycles. The molecule has 0 unspecified atom stereocenters. The molecule has 0 aromatic carbocycles. The summed E-state index contributed by atoms with van der Waals surface area (Å²) in [7, 11) is 0. The smallest absolute Gasteiger partial charge is 0.227 e. The molecule has 1 aliphatic heterocycles. The zero-order valence-corrected chi connectivity index (χ0v) is 11.2. The van der Waals surface area contributed by atoms with Crippen LogP contribution in [-0.4, -0.2) is 30.6 Å². The van der Waals surface area contributed by atoms with Crippen molar-refractivity contribution in [3.63, 3.8) is 0 Å². The van der Waals surface area contributed by atoms with Crippen LogP contribution in [0.15, 0.2) is 36.1 Å². The van der Waals surface area contributed by atoms with Crippen LogP contribution in [0.5, 0.6) is 0 Å². The number of hydrogen-bond donors (Lipinski definition) is 0. The molecule has 3 nitrogen and oxygen atoms in total. The van der Waals surface area contributed by atoms with Gasteiger partial charge in [-0.15, -0.1) is 6.58 Å². The van der Waals surface area contributed by atoms with Crippen LogP contribution >= 0.6 is 0 Å². The second kappa shape index (κ2) is 5.11. The molecule has 0 bridgehead atoms. The first-order valence-electron chi connectivity index (χ1n) is 6.47. The molecule has 0 aromatic rings. The Morgan fingerprint density at radius 2 is 2.33 bits per heavy atom. The first kappa shape index (κ1) is 13.1. The van der Waals surface area contributed by atoms with E-state index in [1.807, 2.05) is 4.90 Å². The molecule has 2 rings (SSSR count). The van der Waals surface area contributed by atoms with Gasteiger partial charge < -0.3 is 9.64 Å². The van der Waals surface area contributed by atoms with Crippen LogP contribution in [0.25, 0.3) is 0 Å². The van der Waals surface area contributed by atoms with Crippen LogP contribution in [0.3, 0.4) is 0 Å². The Labute approximate surface area is 109 Å². The lowest BCUT2D eigenvalue weighted by Gasteiger charge is -2.20. The van der Waals surface area contributed by atoms with Crippen LogP contribution < -0.4 is 0 Å². The number of carbonyl (C=O) groups excluding carboxylic acids is 1. The third kappa shape index (κ3) is 2.56. The van der Waals surface area contributed by atoms with E-state index in [1.165, 1.54) is 5.57 Å². The SMILES string of the molecule is C=CCOCC1=CC(N2CCCC2=O)=CC1(C)C. The van der Waals surface area contributed by atoms with Crippen LogP contribution in [0.4, 0.5) is 0 Å². The van der Waals surface area contributed by atoms with E-state index in [0.717, 1.165) is 18.7 Å². The van der Waals surface area contributed by atoms with Gasteiger partial charge >= 0.3 is 0 Å². The van der Waals surface area contributed by atoms with E-state index >= 15 is 0 Å². The molecule has 3 heteroatoms. The van der Waals surface area contributed by atoms with E-state index in [0.29, 0.717) is 19.6 Å². The summed E-state index contributed by atoms with van der Waals surface area (Å²) < 4.78 is 5.52. The number of allylic oxidation sites excluding steroid dienone is 2. The summed E-state index contributed by atoms with van der Waals surface area (Å²) in [4.78, 5) is 13.6. The maximum atomic E-state index is 11.8. The van der Waals surface area contributed by atoms with Crippen molar-refractivity contribution in [1.29, 1.82) is 0 Å². The Hall–Kier alpha value is -1.35. The van der Waals surface area contributed by atoms with E-state index in [2.05, 4.69) is 32.6 Å². The van der Waals surface area contributed by atoms with Crippen molar-refractivity contribution in [2.24, 2.45) is 5.41 Å². The van der Waals surface area contributed by atoms with Crippen LogP contribution in [0, 0.1) is 5.41 Å². The van der Waals surface area contributed by atoms with Gasteiger partial charge in [0.25, 0.3) is 0 Å². The highest BCUT2D eigenvalue weighted by Gasteiger charge is 2.32. The van der Waals surface area contributed by atoms with Crippen molar-refractivity contribution >= 4 is 5.91 Å². The number of nitrogens with zero attached hydrogens (tertiary/aromatic N) is 1. The van der Waals surface area contributed by atoms with Crippen molar-refractivity contribution in [1.82, 2.24) is 4.90 Å². The van der Waals surface area contributed by atoms with E-state index < -0.39 is 0 Å². The summed E-state index contributed by atoms with van der Waals surface area (Å²) in [5.41, 5.74) is 2.23. The van der Waals surface area contributed by atoms with Gasteiger partial charge in [0, 0.05) is 24.1 Å². The summed E-state index contributed by atoms with van der Waals surface area (Å²) in [6, 6.07) is 0. The molecule has 0 aromatic heterocycles. The van der Waals surface area contributed by atoms with Crippen LogP contribution in [0.1, 0.15) is 26.7 Å². The summed E-state index contributed by atoms with van der Waals surface area (Å²) >= 11 is 0. The van der Waals surface area contributed by atoms with Gasteiger partial charge in [-0.25, -0.2) is 0 Å². The van der Waals surface area contributed by atoms with Crippen molar-refractivity contribution < 1.29 is 9.53 Å². The lowest BCUT2D eigenvalue weighted by molar-refractivity contribution is -0.125. The zero-order valence-electron chi connectivity index (χ0n) is 11.2. The molecule has 0 saturated carbocycles. The first-order valence-corrected chi connectivity index (χ1v) is 6.47. The second-order valence-corrected chi connectivity index (χ2v) is 5.41. The van der Waals surface area contributed by atoms with Crippen molar-refractivity contribution in [2.75, 3.05) is 19.8 Å². The van der Waals surface area contributed by atoms with Crippen LogP contribution in [0.2, 0.25) is 0 Å². The van der Waals surface area contributed by atoms with Crippen molar-refractivity contribution in [3.05, 3.63) is 36.1 Å². The van der Waals surface area contributed by atoms with Gasteiger partial charge in [0.2, 0.25) is 5.91 Å². The van der Waals surface area contributed by atoms with Gasteiger partial charge in [-0.2, -0.15) is 0 Å². The van der Waals surface area contributed by atoms with E-state index in [-0.39, 0.29) is 11.3 Å². The third-order valence-electron chi connectivity index (χ3n) is 3.54. The van der Waals surface area contributed by atoms with Gasteiger partial charge in [0.1, 0.15) is 0 Å². The van der Waals surface area contributed by atoms with Gasteiger partial charge in [0.15, 0.2) is 0 Å². The minimum absolute atomic E-state index is 0.0284. The number of hydrogen-bond acceptors (Lipinski definition) is 2. The Morgan fingerprint density at radius 1 is 1.56 bits per heavy atom. The monoisotopic (exact) mass is 247 g/mol. The van der Waals surface area contributed by atoms with E-state index in [4.69, 9.17) is 4.74 Å². The maximum Gasteiger partial charge on any atom is 0.227 e. The molecular formula is C15H21NO2. The van der Waals surface area contributed by atoms with Crippen molar-refractivity contribution in [2.45, 2.75) is 26.7 Å². The number of rotatable bonds is 5. The Balaban J connectivity index is 2.09.